The molecule has 0 spiro atoms. The molecule has 3 aromatic heterocycles. The number of piperidine rings is 3. The van der Waals surface area contributed by atoms with Crippen molar-refractivity contribution in [2.45, 2.75) is 57.7 Å². The predicted molar refractivity (Wildman–Crippen MR) is 266 cm³/mol. The molecule has 6 aromatic rings. The number of nitrogens with one attached hydrogen (secondary N) is 2. The average Bonchev–Trinajstić information content (AvgIpc) is 3.40. The van der Waals surface area contributed by atoms with Gasteiger partial charge in [0.05, 0.1) is 48.1 Å². The van der Waals surface area contributed by atoms with E-state index in [0.29, 0.717) is 65.3 Å². The third kappa shape index (κ3) is 10.3. The Morgan fingerprint density at radius 1 is 0.845 bits per heavy atom. The molecule has 18 nitrogen and oxygen atoms in total. The van der Waals surface area contributed by atoms with Gasteiger partial charge in [-0.25, -0.2) is 14.3 Å². The molecule has 2 amide bonds. The van der Waals surface area contributed by atoms with Gasteiger partial charge in [-0.1, -0.05) is 48.5 Å². The molecule has 0 bridgehead atoms. The first-order chi connectivity index (χ1) is 34.6. The number of aromatic nitrogens is 6. The van der Waals surface area contributed by atoms with Crippen molar-refractivity contribution in [2.75, 3.05) is 70.4 Å². The second kappa shape index (κ2) is 20.9. The quantitative estimate of drug-likeness (QED) is 0.158. The van der Waals surface area contributed by atoms with Crippen molar-refractivity contribution in [3.63, 3.8) is 0 Å². The summed E-state index contributed by atoms with van der Waals surface area (Å²) in [5.74, 6) is 0.0713. The number of nitriles is 1. The highest BCUT2D eigenvalue weighted by Crippen LogP contribution is 2.29. The van der Waals surface area contributed by atoms with Crippen molar-refractivity contribution in [2.24, 2.45) is 11.8 Å². The predicted octanol–water partition coefficient (Wildman–Crippen LogP) is 3.74. The summed E-state index contributed by atoms with van der Waals surface area (Å²) in [6.45, 7) is 9.27. The number of rotatable bonds is 13. The first-order valence-corrected chi connectivity index (χ1v) is 24.5. The van der Waals surface area contributed by atoms with Crippen LogP contribution in [0.5, 0.6) is 5.88 Å². The number of anilines is 1. The van der Waals surface area contributed by atoms with Gasteiger partial charge in [0.1, 0.15) is 6.04 Å². The van der Waals surface area contributed by atoms with Gasteiger partial charge < -0.3 is 15.0 Å². The normalized spacial score (nSPS) is 20.4. The molecule has 71 heavy (non-hydrogen) atoms. The minimum atomic E-state index is -0.815. The monoisotopic (exact) mass is 956 g/mol. The van der Waals surface area contributed by atoms with Crippen molar-refractivity contribution < 1.29 is 19.1 Å². The van der Waals surface area contributed by atoms with Gasteiger partial charge in [-0.3, -0.25) is 39.1 Å². The van der Waals surface area contributed by atoms with E-state index in [1.165, 1.54) is 15.4 Å². The molecule has 0 radical (unpaired) electrons. The molecule has 4 aliphatic heterocycles. The van der Waals surface area contributed by atoms with Gasteiger partial charge in [0.25, 0.3) is 17.0 Å². The Bertz CT molecular complexity index is 3150. The second-order valence-corrected chi connectivity index (χ2v) is 18.9. The number of nitrogens with zero attached hydrogens (tertiary/aromatic N) is 10. The van der Waals surface area contributed by atoms with Gasteiger partial charge in [-0.2, -0.15) is 20.4 Å². The zero-order chi connectivity index (χ0) is 49.0. The fraction of sp³-hybridized carbons (Fsp3) is 0.396. The van der Waals surface area contributed by atoms with Crippen LogP contribution in [0.1, 0.15) is 55.0 Å². The Morgan fingerprint density at radius 3 is 2.44 bits per heavy atom. The fourth-order valence-electron chi connectivity index (χ4n) is 10.6. The SMILES string of the molecule is Cc1nn(C2CCC(=O)NC2=O)c(=O)c2cc(N3CCC(N4CCN(CC(=O)C5CNCCC5COc5ccnc(-c6ccccc6Cn6nc(-c7ccccc7C#N)ccc6=O)n5)CC4)CC3)ccc12. The van der Waals surface area contributed by atoms with Gasteiger partial charge in [-0.15, -0.1) is 0 Å². The molecule has 4 saturated heterocycles. The van der Waals surface area contributed by atoms with E-state index in [1.807, 2.05) is 61.5 Å². The van der Waals surface area contributed by atoms with E-state index in [9.17, 15) is 29.2 Å². The van der Waals surface area contributed by atoms with E-state index in [-0.39, 0.29) is 54.0 Å². The summed E-state index contributed by atoms with van der Waals surface area (Å²) in [6, 6.07) is 27.3. The molecule has 3 aromatic carbocycles. The zero-order valence-electron chi connectivity index (χ0n) is 39.7. The lowest BCUT2D eigenvalue weighted by atomic mass is 9.83. The number of ether oxygens (including phenoxy) is 1. The van der Waals surface area contributed by atoms with Crippen LogP contribution in [-0.4, -0.2) is 128 Å². The minimum Gasteiger partial charge on any atom is -0.477 e. The largest absolute Gasteiger partial charge is 0.477 e. The smallest absolute Gasteiger partial charge is 0.275 e. The number of imide groups is 1. The standard InChI is InChI=1S/C53H56N12O6/c1-34-40-11-10-39(28-43(40)53(70)65(59-34)46-13-14-48(67)57-52(46)69)62-22-18-38(19-23-62)63-26-24-61(25-27-63)32-47(66)44-30-55-20-16-37(44)33-71-49-17-21-56-51(58-49)42-9-5-3-7-36(42)31-64-50(68)15-12-45(60-64)41-8-4-2-6-35(41)29-54/h2-12,15,17,21,28,37-38,44,46,55H,13-14,16,18-20,22-27,30-33H2,1H3,(H,57,67,69). The molecule has 7 heterocycles. The van der Waals surface area contributed by atoms with E-state index >= 15 is 0 Å². The van der Waals surface area contributed by atoms with Crippen LogP contribution in [0.4, 0.5) is 5.69 Å². The minimum absolute atomic E-state index is 0.0204. The average molecular weight is 957 g/mol. The van der Waals surface area contributed by atoms with Gasteiger partial charge >= 0.3 is 0 Å². The number of hydrogen-bond acceptors (Lipinski definition) is 15. The fourth-order valence-corrected chi connectivity index (χ4v) is 10.6. The summed E-state index contributed by atoms with van der Waals surface area (Å²) in [6.07, 6.45) is 4.84. The van der Waals surface area contributed by atoms with Crippen molar-refractivity contribution >= 4 is 34.1 Å². The Kier molecular flexibility index (Phi) is 13.9. The topological polar surface area (TPSA) is 214 Å². The van der Waals surface area contributed by atoms with Crippen LogP contribution in [0, 0.1) is 30.1 Å². The van der Waals surface area contributed by atoms with Gasteiger partial charge in [0, 0.05) is 111 Å². The van der Waals surface area contributed by atoms with Crippen molar-refractivity contribution in [3.8, 4) is 34.6 Å². The Morgan fingerprint density at radius 2 is 1.63 bits per heavy atom. The summed E-state index contributed by atoms with van der Waals surface area (Å²) < 4.78 is 8.96. The Balaban J connectivity index is 0.719. The molecule has 10 rings (SSSR count). The number of piperazine rings is 1. The zero-order valence-corrected chi connectivity index (χ0v) is 39.7. The molecule has 18 heteroatoms. The maximum Gasteiger partial charge on any atom is 0.275 e. The molecule has 3 atom stereocenters. The molecule has 364 valence electrons. The maximum atomic E-state index is 14.0. The molecule has 4 aliphatic rings. The Labute approximate surface area is 410 Å². The molecule has 0 saturated carbocycles. The number of ketones is 1. The van der Waals surface area contributed by atoms with Crippen LogP contribution in [0.2, 0.25) is 0 Å². The summed E-state index contributed by atoms with van der Waals surface area (Å²) in [5, 5.41) is 25.8. The summed E-state index contributed by atoms with van der Waals surface area (Å²) in [7, 11) is 0. The van der Waals surface area contributed by atoms with Crippen LogP contribution in [0.25, 0.3) is 33.4 Å². The van der Waals surface area contributed by atoms with E-state index < -0.39 is 11.9 Å². The van der Waals surface area contributed by atoms with Crippen molar-refractivity contribution in [3.05, 3.63) is 129 Å². The first kappa shape index (κ1) is 47.2. The third-order valence-corrected chi connectivity index (χ3v) is 14.6. The van der Waals surface area contributed by atoms with Crippen LogP contribution in [0.3, 0.4) is 0 Å². The van der Waals surface area contributed by atoms with E-state index in [0.717, 1.165) is 87.3 Å². The number of hydrogen-bond donors (Lipinski definition) is 2. The first-order valence-electron chi connectivity index (χ1n) is 24.5. The summed E-state index contributed by atoms with van der Waals surface area (Å²) in [5.41, 5.74) is 4.17. The highest BCUT2D eigenvalue weighted by molar-refractivity contribution is 5.99. The number of amides is 2. The molecular formula is C53H56N12O6. The highest BCUT2D eigenvalue weighted by atomic mass is 16.5. The number of carbonyl (C=O) groups is 3. The van der Waals surface area contributed by atoms with E-state index in [1.54, 1.807) is 30.5 Å². The summed E-state index contributed by atoms with van der Waals surface area (Å²) in [4.78, 5) is 81.6. The number of carbonyl (C=O) groups excluding carboxylic acids is 3. The molecule has 4 fully saturated rings. The lowest BCUT2D eigenvalue weighted by Gasteiger charge is -2.43. The van der Waals surface area contributed by atoms with Gasteiger partial charge in [0.15, 0.2) is 11.6 Å². The van der Waals surface area contributed by atoms with Crippen molar-refractivity contribution in [1.82, 2.24) is 50.0 Å². The number of benzene rings is 3. The molecule has 3 unspecified atom stereocenters. The lowest BCUT2D eigenvalue weighted by Crippen LogP contribution is -2.55. The lowest BCUT2D eigenvalue weighted by molar-refractivity contribution is -0.136. The molecule has 2 N–H and O–H groups in total. The van der Waals surface area contributed by atoms with Crippen molar-refractivity contribution in [1.29, 1.82) is 5.26 Å². The van der Waals surface area contributed by atoms with E-state index in [4.69, 9.17) is 9.72 Å². The van der Waals surface area contributed by atoms with Gasteiger partial charge in [-0.05, 0) is 69.0 Å². The van der Waals surface area contributed by atoms with Gasteiger partial charge in [0.2, 0.25) is 11.8 Å². The van der Waals surface area contributed by atoms with Crippen LogP contribution in [-0.2, 0) is 20.9 Å². The molecule has 0 aliphatic carbocycles. The number of fused-ring (bicyclic) bond motifs is 1. The third-order valence-electron chi connectivity index (χ3n) is 14.6. The molecular weight excluding hydrogens is 901 g/mol. The maximum absolute atomic E-state index is 14.0. The van der Waals surface area contributed by atoms with Crippen LogP contribution in [0.15, 0.2) is 101 Å². The highest BCUT2D eigenvalue weighted by Gasteiger charge is 2.35. The second-order valence-electron chi connectivity index (χ2n) is 18.9. The number of aryl methyl sites for hydroxylation is 1. The Hall–Kier alpha value is -7.46. The van der Waals surface area contributed by atoms with Crippen LogP contribution < -0.4 is 31.4 Å². The summed E-state index contributed by atoms with van der Waals surface area (Å²) >= 11 is 0. The van der Waals surface area contributed by atoms with Crippen LogP contribution >= 0.6 is 0 Å². The van der Waals surface area contributed by atoms with E-state index in [2.05, 4.69) is 46.6 Å². The number of Topliss-reactive ketones (excluding diaryl/α,β-unsaturated/α-hetero) is 1.